The van der Waals surface area contributed by atoms with Crippen LogP contribution in [0.25, 0.3) is 0 Å². The third-order valence-corrected chi connectivity index (χ3v) is 6.40. The van der Waals surface area contributed by atoms with Crippen molar-refractivity contribution in [3.05, 3.63) is 23.3 Å². The largest absolute Gasteiger partial charge is 0.497 e. The number of amides is 1. The van der Waals surface area contributed by atoms with Gasteiger partial charge in [-0.1, -0.05) is 0 Å². The lowest BCUT2D eigenvalue weighted by Crippen LogP contribution is -2.58. The normalized spacial score (nSPS) is 23.6. The van der Waals surface area contributed by atoms with Crippen molar-refractivity contribution >= 4 is 11.6 Å². The molecule has 0 bridgehead atoms. The van der Waals surface area contributed by atoms with Gasteiger partial charge in [0.1, 0.15) is 5.75 Å². The van der Waals surface area contributed by atoms with E-state index in [1.807, 2.05) is 12.1 Å². The second kappa shape index (κ2) is 7.36. The van der Waals surface area contributed by atoms with E-state index in [2.05, 4.69) is 25.7 Å². The molecular weight excluding hydrogens is 312 g/mol. The van der Waals surface area contributed by atoms with Crippen molar-refractivity contribution in [3.8, 4) is 5.75 Å². The second-order valence-electron chi connectivity index (χ2n) is 7.80. The lowest BCUT2D eigenvalue weighted by molar-refractivity contribution is -0.939. The van der Waals surface area contributed by atoms with Crippen LogP contribution in [0.1, 0.15) is 50.2 Å². The number of likely N-dealkylation sites (tertiary alicyclic amines) is 1. The van der Waals surface area contributed by atoms with Gasteiger partial charge in [0.05, 0.1) is 26.7 Å². The van der Waals surface area contributed by atoms with Gasteiger partial charge in [-0.15, -0.1) is 0 Å². The number of likely N-dealkylation sites (N-methyl/N-ethyl adjacent to an activating group) is 1. The predicted octanol–water partition coefficient (Wildman–Crippen LogP) is 3.83. The number of methoxy groups -OCH3 is 1. The van der Waals surface area contributed by atoms with Gasteiger partial charge in [0.15, 0.2) is 6.04 Å². The Hall–Kier alpha value is -1.55. The number of ether oxygens (including phenoxy) is 1. The van der Waals surface area contributed by atoms with Gasteiger partial charge >= 0.3 is 0 Å². The average molecular weight is 346 g/mol. The molecule has 1 amide bonds. The minimum absolute atomic E-state index is 0.143. The molecule has 0 aromatic heterocycles. The Labute approximate surface area is 152 Å². The first kappa shape index (κ1) is 18.2. The number of aryl methyl sites for hydroxylation is 2. The van der Waals surface area contributed by atoms with Crippen molar-refractivity contribution in [2.75, 3.05) is 38.2 Å². The summed E-state index contributed by atoms with van der Waals surface area (Å²) in [5, 5.41) is 0. The van der Waals surface area contributed by atoms with Gasteiger partial charge in [-0.3, -0.25) is 4.79 Å². The number of hydrogen-bond donors (Lipinski definition) is 0. The molecule has 4 heteroatoms. The molecule has 2 aliphatic heterocycles. The summed E-state index contributed by atoms with van der Waals surface area (Å²) in [4.78, 5) is 15.5. The van der Waals surface area contributed by atoms with Gasteiger partial charge in [-0.05, 0) is 69.7 Å². The van der Waals surface area contributed by atoms with Gasteiger partial charge < -0.3 is 14.1 Å². The van der Waals surface area contributed by atoms with Crippen molar-refractivity contribution in [2.24, 2.45) is 0 Å². The Kier molecular flexibility index (Phi) is 5.38. The Bertz CT molecular complexity index is 610. The SMILES string of the molecule is CC[N+]1(C2CCN(c3c(C)cc(OC)cc3C)C2=O)CCCCCC1. The summed E-state index contributed by atoms with van der Waals surface area (Å²) in [5.74, 6) is 1.20. The summed E-state index contributed by atoms with van der Waals surface area (Å²) in [6.07, 6.45) is 6.15. The van der Waals surface area contributed by atoms with Crippen LogP contribution < -0.4 is 9.64 Å². The number of carbonyl (C=O) groups is 1. The number of hydrogen-bond acceptors (Lipinski definition) is 2. The van der Waals surface area contributed by atoms with E-state index in [0.29, 0.717) is 5.91 Å². The number of carbonyl (C=O) groups excluding carboxylic acids is 1. The number of quaternary nitrogens is 1. The first-order valence-electron chi connectivity index (χ1n) is 9.85. The number of nitrogens with zero attached hydrogens (tertiary/aromatic N) is 2. The van der Waals surface area contributed by atoms with Crippen LogP contribution in [-0.2, 0) is 4.79 Å². The minimum atomic E-state index is 0.143. The molecule has 0 spiro atoms. The maximum atomic E-state index is 13.4. The van der Waals surface area contributed by atoms with E-state index in [-0.39, 0.29) is 6.04 Å². The molecule has 138 valence electrons. The van der Waals surface area contributed by atoms with Crippen LogP contribution in [0.4, 0.5) is 5.69 Å². The molecular formula is C21H33N2O2+. The minimum Gasteiger partial charge on any atom is -0.497 e. The van der Waals surface area contributed by atoms with Crippen LogP contribution in [0.2, 0.25) is 0 Å². The summed E-state index contributed by atoms with van der Waals surface area (Å²) in [6.45, 7) is 10.7. The van der Waals surface area contributed by atoms with Crippen LogP contribution in [-0.4, -0.2) is 49.7 Å². The highest BCUT2D eigenvalue weighted by Crippen LogP contribution is 2.36. The molecule has 2 aliphatic rings. The third kappa shape index (κ3) is 3.29. The molecule has 2 fully saturated rings. The van der Waals surface area contributed by atoms with Crippen LogP contribution in [0, 0.1) is 13.8 Å². The quantitative estimate of drug-likeness (QED) is 0.776. The monoisotopic (exact) mass is 345 g/mol. The first-order valence-corrected chi connectivity index (χ1v) is 9.85. The fourth-order valence-corrected chi connectivity index (χ4v) is 5.02. The van der Waals surface area contributed by atoms with E-state index < -0.39 is 0 Å². The van der Waals surface area contributed by atoms with Crippen LogP contribution in [0.5, 0.6) is 5.75 Å². The summed E-state index contributed by atoms with van der Waals surface area (Å²) >= 11 is 0. The van der Waals surface area contributed by atoms with Gasteiger partial charge in [0.2, 0.25) is 0 Å². The third-order valence-electron chi connectivity index (χ3n) is 6.40. The summed E-state index contributed by atoms with van der Waals surface area (Å²) in [7, 11) is 1.69. The van der Waals surface area contributed by atoms with E-state index in [1.54, 1.807) is 7.11 Å². The fourth-order valence-electron chi connectivity index (χ4n) is 5.02. The Morgan fingerprint density at radius 2 is 1.72 bits per heavy atom. The smallest absolute Gasteiger partial charge is 0.285 e. The Balaban J connectivity index is 1.89. The van der Waals surface area contributed by atoms with E-state index in [9.17, 15) is 4.79 Å². The van der Waals surface area contributed by atoms with Crippen molar-refractivity contribution in [3.63, 3.8) is 0 Å². The highest BCUT2D eigenvalue weighted by molar-refractivity contribution is 6.00. The van der Waals surface area contributed by atoms with Crippen molar-refractivity contribution in [2.45, 2.75) is 58.9 Å². The van der Waals surface area contributed by atoms with Crippen molar-refractivity contribution < 1.29 is 14.0 Å². The molecule has 0 saturated carbocycles. The highest BCUT2D eigenvalue weighted by Gasteiger charge is 2.47. The molecule has 1 aromatic carbocycles. The molecule has 1 atom stereocenters. The summed E-state index contributed by atoms with van der Waals surface area (Å²) in [5.41, 5.74) is 3.35. The zero-order chi connectivity index (χ0) is 18.0. The molecule has 3 rings (SSSR count). The van der Waals surface area contributed by atoms with Gasteiger partial charge in [-0.25, -0.2) is 0 Å². The van der Waals surface area contributed by atoms with Gasteiger partial charge in [0.25, 0.3) is 5.91 Å². The number of anilines is 1. The molecule has 25 heavy (non-hydrogen) atoms. The standard InChI is InChI=1S/C21H33N2O2/c1-5-23(12-8-6-7-9-13-23)19-10-11-22(21(19)24)20-16(2)14-18(25-4)15-17(20)3/h14-15,19H,5-13H2,1-4H3/q+1. The molecule has 0 aliphatic carbocycles. The highest BCUT2D eigenvalue weighted by atomic mass is 16.5. The molecule has 0 N–H and O–H groups in total. The lowest BCUT2D eigenvalue weighted by atomic mass is 10.1. The van der Waals surface area contributed by atoms with Gasteiger partial charge in [-0.2, -0.15) is 0 Å². The fraction of sp³-hybridized carbons (Fsp3) is 0.667. The summed E-state index contributed by atoms with van der Waals surface area (Å²) < 4.78 is 6.38. The molecule has 2 heterocycles. The van der Waals surface area contributed by atoms with E-state index >= 15 is 0 Å². The zero-order valence-electron chi connectivity index (χ0n) is 16.3. The topological polar surface area (TPSA) is 29.5 Å². The predicted molar refractivity (Wildman–Crippen MR) is 102 cm³/mol. The number of benzene rings is 1. The number of rotatable bonds is 4. The first-order chi connectivity index (χ1) is 12.0. The van der Waals surface area contributed by atoms with E-state index in [1.165, 1.54) is 38.8 Å². The zero-order valence-corrected chi connectivity index (χ0v) is 16.3. The molecule has 1 aromatic rings. The van der Waals surface area contributed by atoms with Crippen LogP contribution >= 0.6 is 0 Å². The van der Waals surface area contributed by atoms with Crippen molar-refractivity contribution in [1.29, 1.82) is 0 Å². The Morgan fingerprint density at radius 1 is 1.12 bits per heavy atom. The maximum Gasteiger partial charge on any atom is 0.285 e. The molecule has 4 nitrogen and oxygen atoms in total. The van der Waals surface area contributed by atoms with E-state index in [4.69, 9.17) is 4.74 Å². The lowest BCUT2D eigenvalue weighted by Gasteiger charge is -2.41. The second-order valence-corrected chi connectivity index (χ2v) is 7.80. The maximum absolute atomic E-state index is 13.4. The molecule has 2 saturated heterocycles. The van der Waals surface area contributed by atoms with Crippen LogP contribution in [0.15, 0.2) is 12.1 Å². The van der Waals surface area contributed by atoms with Crippen molar-refractivity contribution in [1.82, 2.24) is 0 Å². The van der Waals surface area contributed by atoms with Crippen LogP contribution in [0.3, 0.4) is 0 Å². The van der Waals surface area contributed by atoms with E-state index in [0.717, 1.165) is 46.6 Å². The average Bonchev–Trinajstić information content (AvgIpc) is 2.83. The van der Waals surface area contributed by atoms with Gasteiger partial charge in [0, 0.05) is 18.7 Å². The molecule has 1 unspecified atom stereocenters. The molecule has 0 radical (unpaired) electrons. The Morgan fingerprint density at radius 3 is 2.24 bits per heavy atom. The summed E-state index contributed by atoms with van der Waals surface area (Å²) in [6, 6.07) is 4.22.